The van der Waals surface area contributed by atoms with Gasteiger partial charge >= 0.3 is 0 Å². The Labute approximate surface area is 104 Å². The van der Waals surface area contributed by atoms with Crippen molar-refractivity contribution in [3.05, 3.63) is 0 Å². The smallest absolute Gasteiger partial charge is 0.0272 e. The van der Waals surface area contributed by atoms with Crippen LogP contribution in [0.3, 0.4) is 0 Å². The lowest BCUT2D eigenvalue weighted by Crippen LogP contribution is -2.45. The summed E-state index contributed by atoms with van der Waals surface area (Å²) in [5.41, 5.74) is 1.14. The van der Waals surface area contributed by atoms with Crippen molar-refractivity contribution in [2.75, 3.05) is 0 Å². The summed E-state index contributed by atoms with van der Waals surface area (Å²) in [6.07, 6.45) is 1.27. The van der Waals surface area contributed by atoms with Crippen molar-refractivity contribution in [1.82, 2.24) is 0 Å². The average Bonchev–Trinajstić information content (AvgIpc) is 2.01. The molecule has 0 aliphatic heterocycles. The molecular formula is C16H34. The largest absolute Gasteiger partial charge is 0.0651 e. The van der Waals surface area contributed by atoms with Crippen molar-refractivity contribution in [2.45, 2.75) is 75.7 Å². The predicted octanol–water partition coefficient (Wildman–Crippen LogP) is 5.77. The van der Waals surface area contributed by atoms with Gasteiger partial charge in [0.2, 0.25) is 0 Å². The van der Waals surface area contributed by atoms with Crippen LogP contribution in [0.25, 0.3) is 0 Å². The lowest BCUT2D eigenvalue weighted by atomic mass is 9.52. The van der Waals surface area contributed by atoms with E-state index in [1.54, 1.807) is 0 Å². The SMILES string of the molecule is CCC(C(C)(C)C(C)C)C(C)(C)C(C)(C)C. The summed E-state index contributed by atoms with van der Waals surface area (Å²) < 4.78 is 0. The third-order valence-electron chi connectivity index (χ3n) is 5.60. The number of rotatable bonds is 4. The number of hydrogen-bond acceptors (Lipinski definition) is 0. The predicted molar refractivity (Wildman–Crippen MR) is 75.6 cm³/mol. The van der Waals surface area contributed by atoms with Gasteiger partial charge in [-0.15, -0.1) is 0 Å². The molecule has 0 saturated carbocycles. The average molecular weight is 226 g/mol. The van der Waals surface area contributed by atoms with Gasteiger partial charge in [0.15, 0.2) is 0 Å². The van der Waals surface area contributed by atoms with E-state index >= 15 is 0 Å². The fraction of sp³-hybridized carbons (Fsp3) is 1.00. The first-order valence-electron chi connectivity index (χ1n) is 6.89. The molecule has 0 saturated heterocycles. The van der Waals surface area contributed by atoms with Gasteiger partial charge in [0.05, 0.1) is 0 Å². The molecule has 0 N–H and O–H groups in total. The second-order valence-corrected chi connectivity index (χ2v) is 7.91. The van der Waals surface area contributed by atoms with Gasteiger partial charge in [0, 0.05) is 0 Å². The van der Waals surface area contributed by atoms with E-state index in [1.165, 1.54) is 6.42 Å². The van der Waals surface area contributed by atoms with Crippen LogP contribution in [0.4, 0.5) is 0 Å². The Balaban J connectivity index is 5.31. The minimum absolute atomic E-state index is 0.361. The molecule has 16 heavy (non-hydrogen) atoms. The van der Waals surface area contributed by atoms with Gasteiger partial charge in [-0.1, -0.05) is 75.7 Å². The van der Waals surface area contributed by atoms with Crippen molar-refractivity contribution < 1.29 is 0 Å². The lowest BCUT2D eigenvalue weighted by Gasteiger charge is -2.53. The van der Waals surface area contributed by atoms with Crippen molar-refractivity contribution in [2.24, 2.45) is 28.1 Å². The van der Waals surface area contributed by atoms with Crippen LogP contribution in [0.2, 0.25) is 0 Å². The van der Waals surface area contributed by atoms with Crippen molar-refractivity contribution in [1.29, 1.82) is 0 Å². The zero-order valence-corrected chi connectivity index (χ0v) is 13.4. The molecule has 0 aliphatic rings. The minimum Gasteiger partial charge on any atom is -0.0651 e. The Morgan fingerprint density at radius 3 is 1.38 bits per heavy atom. The summed E-state index contributed by atoms with van der Waals surface area (Å²) in [5, 5.41) is 0. The first kappa shape index (κ1) is 16.0. The molecule has 0 nitrogen and oxygen atoms in total. The van der Waals surface area contributed by atoms with Crippen LogP contribution in [0.5, 0.6) is 0 Å². The molecular weight excluding hydrogens is 192 g/mol. The highest BCUT2D eigenvalue weighted by atomic mass is 14.5. The lowest BCUT2D eigenvalue weighted by molar-refractivity contribution is -0.0388. The Morgan fingerprint density at radius 1 is 0.812 bits per heavy atom. The molecule has 0 radical (unpaired) electrons. The van der Waals surface area contributed by atoms with Gasteiger partial charge < -0.3 is 0 Å². The third kappa shape index (κ3) is 2.81. The fourth-order valence-electron chi connectivity index (χ4n) is 2.89. The standard InChI is InChI=1S/C16H34/c1-11-13(15(7,8)12(2)3)16(9,10)14(4,5)6/h12-13H,11H2,1-10H3. The molecule has 1 unspecified atom stereocenters. The maximum atomic E-state index is 2.45. The fourth-order valence-corrected chi connectivity index (χ4v) is 2.89. The van der Waals surface area contributed by atoms with Crippen molar-refractivity contribution in [3.63, 3.8) is 0 Å². The Kier molecular flexibility index (Phi) is 4.70. The maximum absolute atomic E-state index is 2.45. The highest BCUT2D eigenvalue weighted by Gasteiger charge is 2.46. The molecule has 0 fully saturated rings. The first-order chi connectivity index (χ1) is 6.89. The van der Waals surface area contributed by atoms with E-state index in [0.29, 0.717) is 16.2 Å². The molecule has 0 spiro atoms. The van der Waals surface area contributed by atoms with Gasteiger partial charge in [-0.2, -0.15) is 0 Å². The molecule has 98 valence electrons. The zero-order valence-electron chi connectivity index (χ0n) is 13.4. The molecule has 0 heteroatoms. The maximum Gasteiger partial charge on any atom is -0.0272 e. The van der Waals surface area contributed by atoms with Gasteiger partial charge in [0.1, 0.15) is 0 Å². The van der Waals surface area contributed by atoms with Crippen LogP contribution in [0.15, 0.2) is 0 Å². The Hall–Kier alpha value is 0. The van der Waals surface area contributed by atoms with E-state index in [0.717, 1.165) is 11.8 Å². The van der Waals surface area contributed by atoms with Crippen LogP contribution in [0.1, 0.15) is 75.7 Å². The van der Waals surface area contributed by atoms with Crippen LogP contribution in [-0.2, 0) is 0 Å². The van der Waals surface area contributed by atoms with E-state index in [2.05, 4.69) is 69.2 Å². The Bertz CT molecular complexity index is 213. The molecule has 0 amide bonds. The quantitative estimate of drug-likeness (QED) is 0.571. The van der Waals surface area contributed by atoms with E-state index in [9.17, 15) is 0 Å². The third-order valence-corrected chi connectivity index (χ3v) is 5.60. The Morgan fingerprint density at radius 2 is 1.19 bits per heavy atom. The highest BCUT2D eigenvalue weighted by molar-refractivity contribution is 4.95. The summed E-state index contributed by atoms with van der Waals surface area (Å²) in [6, 6.07) is 0. The molecule has 0 rings (SSSR count). The van der Waals surface area contributed by atoms with Crippen LogP contribution in [0, 0.1) is 28.1 Å². The van der Waals surface area contributed by atoms with E-state index in [-0.39, 0.29) is 0 Å². The highest BCUT2D eigenvalue weighted by Crippen LogP contribution is 2.54. The molecule has 0 aromatic rings. The van der Waals surface area contributed by atoms with Crippen LogP contribution in [-0.4, -0.2) is 0 Å². The van der Waals surface area contributed by atoms with Crippen molar-refractivity contribution >= 4 is 0 Å². The first-order valence-corrected chi connectivity index (χ1v) is 6.89. The molecule has 0 aromatic heterocycles. The monoisotopic (exact) mass is 226 g/mol. The topological polar surface area (TPSA) is 0 Å². The summed E-state index contributed by atoms with van der Waals surface area (Å²) in [7, 11) is 0. The van der Waals surface area contributed by atoms with Crippen molar-refractivity contribution in [3.8, 4) is 0 Å². The minimum atomic E-state index is 0.361. The van der Waals surface area contributed by atoms with E-state index in [1.807, 2.05) is 0 Å². The van der Waals surface area contributed by atoms with Gasteiger partial charge in [-0.3, -0.25) is 0 Å². The summed E-state index contributed by atoms with van der Waals surface area (Å²) in [6.45, 7) is 24.0. The van der Waals surface area contributed by atoms with E-state index < -0.39 is 0 Å². The second-order valence-electron chi connectivity index (χ2n) is 7.91. The molecule has 0 aliphatic carbocycles. The zero-order chi connectivity index (χ0) is 13.4. The van der Waals surface area contributed by atoms with Gasteiger partial charge in [0.25, 0.3) is 0 Å². The normalized spacial score (nSPS) is 16.7. The van der Waals surface area contributed by atoms with Crippen LogP contribution >= 0.6 is 0 Å². The second kappa shape index (κ2) is 4.70. The number of hydrogen-bond donors (Lipinski definition) is 0. The molecule has 0 heterocycles. The van der Waals surface area contributed by atoms with Gasteiger partial charge in [-0.25, -0.2) is 0 Å². The van der Waals surface area contributed by atoms with Gasteiger partial charge in [-0.05, 0) is 28.1 Å². The summed E-state index contributed by atoms with van der Waals surface area (Å²) >= 11 is 0. The molecule has 0 bridgehead atoms. The molecule has 1 atom stereocenters. The summed E-state index contributed by atoms with van der Waals surface area (Å²) in [4.78, 5) is 0. The molecule has 0 aromatic carbocycles. The van der Waals surface area contributed by atoms with E-state index in [4.69, 9.17) is 0 Å². The summed E-state index contributed by atoms with van der Waals surface area (Å²) in [5.74, 6) is 1.50. The van der Waals surface area contributed by atoms with Crippen LogP contribution < -0.4 is 0 Å².